The molecule has 0 fully saturated rings. The molecule has 0 bridgehead atoms. The number of aromatic nitrogens is 2. The Kier molecular flexibility index (Phi) is 5.62. The Hall–Kier alpha value is -4.71. The predicted molar refractivity (Wildman–Crippen MR) is 133 cm³/mol. The average Bonchev–Trinajstić information content (AvgIpc) is 2.86. The van der Waals surface area contributed by atoms with E-state index in [1.807, 2.05) is 42.5 Å². The third kappa shape index (κ3) is 4.56. The first kappa shape index (κ1) is 21.2. The molecule has 0 aliphatic heterocycles. The Morgan fingerprint density at radius 1 is 0.765 bits per heavy atom. The van der Waals surface area contributed by atoms with Crippen LogP contribution in [-0.4, -0.2) is 26.1 Å². The number of phenolic OH excluding ortho intramolecular Hbond substituents is 2. The first-order chi connectivity index (χ1) is 16.5. The molecule has 0 spiro atoms. The van der Waals surface area contributed by atoms with Gasteiger partial charge in [0, 0.05) is 11.1 Å². The topological polar surface area (TPSA) is 95.3 Å². The molecule has 0 unspecified atom stereocenters. The van der Waals surface area contributed by atoms with Crippen LogP contribution in [0, 0.1) is 0 Å². The van der Waals surface area contributed by atoms with Gasteiger partial charge >= 0.3 is 0 Å². The predicted octanol–water partition coefficient (Wildman–Crippen LogP) is 5.56. The molecular weight excluding hydrogens is 426 g/mol. The van der Waals surface area contributed by atoms with Gasteiger partial charge in [0.15, 0.2) is 5.82 Å². The van der Waals surface area contributed by atoms with Crippen molar-refractivity contribution in [1.82, 2.24) is 9.97 Å². The van der Waals surface area contributed by atoms with Gasteiger partial charge in [0.05, 0.1) is 18.3 Å². The Labute approximate surface area is 196 Å². The van der Waals surface area contributed by atoms with E-state index in [1.54, 1.807) is 54.7 Å². The molecule has 5 rings (SSSR count). The summed E-state index contributed by atoms with van der Waals surface area (Å²) in [5.74, 6) is 0.448. The second-order valence-corrected chi connectivity index (χ2v) is 7.95. The van der Waals surface area contributed by atoms with Crippen LogP contribution in [-0.2, 0) is 11.2 Å². The van der Waals surface area contributed by atoms with Crippen LogP contribution in [0.15, 0.2) is 97.2 Å². The lowest BCUT2D eigenvalue weighted by molar-refractivity contribution is -0.115. The third-order valence-electron chi connectivity index (χ3n) is 5.52. The fourth-order valence-corrected chi connectivity index (χ4v) is 3.77. The molecule has 34 heavy (non-hydrogen) atoms. The van der Waals surface area contributed by atoms with Gasteiger partial charge in [0.1, 0.15) is 17.2 Å². The zero-order valence-electron chi connectivity index (χ0n) is 18.1. The lowest BCUT2D eigenvalue weighted by Crippen LogP contribution is -2.16. The molecule has 4 aromatic carbocycles. The molecule has 0 atom stereocenters. The van der Waals surface area contributed by atoms with E-state index in [0.29, 0.717) is 17.2 Å². The molecule has 0 radical (unpaired) electrons. The quantitative estimate of drug-likeness (QED) is 0.328. The minimum absolute atomic E-state index is 0.138. The van der Waals surface area contributed by atoms with Gasteiger partial charge in [-0.15, -0.1) is 0 Å². The van der Waals surface area contributed by atoms with Crippen LogP contribution >= 0.6 is 0 Å². The van der Waals surface area contributed by atoms with E-state index in [-0.39, 0.29) is 23.8 Å². The summed E-state index contributed by atoms with van der Waals surface area (Å²) in [6.07, 6.45) is 1.74. The maximum absolute atomic E-state index is 12.8. The maximum Gasteiger partial charge on any atom is 0.230 e. The Balaban J connectivity index is 1.53. The normalized spacial score (nSPS) is 10.8. The molecule has 6 heteroatoms. The number of rotatable bonds is 5. The molecule has 1 heterocycles. The van der Waals surface area contributed by atoms with Crippen molar-refractivity contribution in [3.8, 4) is 34.0 Å². The van der Waals surface area contributed by atoms with Gasteiger partial charge in [-0.2, -0.15) is 0 Å². The fourth-order valence-electron chi connectivity index (χ4n) is 3.77. The summed E-state index contributed by atoms with van der Waals surface area (Å²) in [5.41, 5.74) is 3.58. The summed E-state index contributed by atoms with van der Waals surface area (Å²) in [4.78, 5) is 22.1. The van der Waals surface area contributed by atoms with E-state index in [1.165, 1.54) is 0 Å². The number of fused-ring (bicyclic) bond motifs is 1. The SMILES string of the molecule is O=C(Cc1ccc(O)cc1)Nc1ncc(-c2ccc(O)cc2)nc1-c1ccc2ccccc2c1. The van der Waals surface area contributed by atoms with Crippen LogP contribution < -0.4 is 5.32 Å². The summed E-state index contributed by atoms with van der Waals surface area (Å²) >= 11 is 0. The van der Waals surface area contributed by atoms with E-state index in [2.05, 4.69) is 10.3 Å². The molecule has 0 saturated heterocycles. The van der Waals surface area contributed by atoms with Crippen LogP contribution in [0.25, 0.3) is 33.3 Å². The van der Waals surface area contributed by atoms with Crippen molar-refractivity contribution in [2.45, 2.75) is 6.42 Å². The second kappa shape index (κ2) is 9.03. The average molecular weight is 447 g/mol. The first-order valence-corrected chi connectivity index (χ1v) is 10.8. The van der Waals surface area contributed by atoms with Crippen LogP contribution in [0.1, 0.15) is 5.56 Å². The van der Waals surface area contributed by atoms with Gasteiger partial charge in [0.2, 0.25) is 5.91 Å². The van der Waals surface area contributed by atoms with Gasteiger partial charge in [-0.25, -0.2) is 9.97 Å². The van der Waals surface area contributed by atoms with Crippen molar-refractivity contribution in [3.05, 3.63) is 103 Å². The molecule has 6 nitrogen and oxygen atoms in total. The number of nitrogens with zero attached hydrogens (tertiary/aromatic N) is 2. The number of amides is 1. The molecule has 0 saturated carbocycles. The second-order valence-electron chi connectivity index (χ2n) is 7.95. The van der Waals surface area contributed by atoms with Crippen molar-refractivity contribution in [2.24, 2.45) is 0 Å². The summed E-state index contributed by atoms with van der Waals surface area (Å²) < 4.78 is 0. The zero-order valence-corrected chi connectivity index (χ0v) is 18.1. The van der Waals surface area contributed by atoms with Crippen molar-refractivity contribution in [1.29, 1.82) is 0 Å². The van der Waals surface area contributed by atoms with Gasteiger partial charge in [-0.1, -0.05) is 48.5 Å². The monoisotopic (exact) mass is 447 g/mol. The van der Waals surface area contributed by atoms with E-state index in [4.69, 9.17) is 4.98 Å². The number of nitrogens with one attached hydrogen (secondary N) is 1. The minimum atomic E-state index is -0.237. The zero-order chi connectivity index (χ0) is 23.5. The number of carbonyl (C=O) groups excluding carboxylic acids is 1. The summed E-state index contributed by atoms with van der Waals surface area (Å²) in [7, 11) is 0. The van der Waals surface area contributed by atoms with Crippen LogP contribution in [0.2, 0.25) is 0 Å². The number of phenols is 2. The van der Waals surface area contributed by atoms with Crippen molar-refractivity contribution < 1.29 is 15.0 Å². The molecule has 166 valence electrons. The number of hydrogen-bond donors (Lipinski definition) is 3. The molecule has 1 aromatic heterocycles. The maximum atomic E-state index is 12.8. The number of carbonyl (C=O) groups is 1. The van der Waals surface area contributed by atoms with Crippen LogP contribution in [0.3, 0.4) is 0 Å². The highest BCUT2D eigenvalue weighted by molar-refractivity contribution is 5.96. The van der Waals surface area contributed by atoms with E-state index in [0.717, 1.165) is 27.5 Å². The van der Waals surface area contributed by atoms with Crippen molar-refractivity contribution >= 4 is 22.5 Å². The molecule has 0 aliphatic rings. The number of hydrogen-bond acceptors (Lipinski definition) is 5. The van der Waals surface area contributed by atoms with Gasteiger partial charge in [-0.05, 0) is 58.8 Å². The summed E-state index contributed by atoms with van der Waals surface area (Å²) in [5, 5.41) is 24.1. The number of anilines is 1. The number of aromatic hydroxyl groups is 2. The van der Waals surface area contributed by atoms with Gasteiger partial charge in [-0.3, -0.25) is 4.79 Å². The Morgan fingerprint density at radius 3 is 2.15 bits per heavy atom. The Morgan fingerprint density at radius 2 is 1.41 bits per heavy atom. The largest absolute Gasteiger partial charge is 0.508 e. The van der Waals surface area contributed by atoms with E-state index < -0.39 is 0 Å². The highest BCUT2D eigenvalue weighted by Gasteiger charge is 2.15. The summed E-state index contributed by atoms with van der Waals surface area (Å²) in [6.45, 7) is 0. The minimum Gasteiger partial charge on any atom is -0.508 e. The molecule has 0 aliphatic carbocycles. The fraction of sp³-hybridized carbons (Fsp3) is 0.0357. The molecular formula is C28H21N3O3. The molecule has 1 amide bonds. The third-order valence-corrected chi connectivity index (χ3v) is 5.52. The van der Waals surface area contributed by atoms with Crippen molar-refractivity contribution in [3.63, 3.8) is 0 Å². The highest BCUT2D eigenvalue weighted by Crippen LogP contribution is 2.30. The van der Waals surface area contributed by atoms with E-state index in [9.17, 15) is 15.0 Å². The van der Waals surface area contributed by atoms with Crippen LogP contribution in [0.4, 0.5) is 5.82 Å². The number of benzene rings is 4. The standard InChI is InChI=1S/C28H21N3O3/c32-23-11-5-18(6-12-23)15-26(34)31-28-27(22-8-7-19-3-1-2-4-21(19)16-22)30-25(17-29-28)20-9-13-24(33)14-10-20/h1-14,16-17,32-33H,15H2,(H,29,31,34). The Bertz CT molecular complexity index is 1480. The first-order valence-electron chi connectivity index (χ1n) is 10.8. The molecule has 3 N–H and O–H groups in total. The van der Waals surface area contributed by atoms with Gasteiger partial charge in [0.25, 0.3) is 0 Å². The molecule has 5 aromatic rings. The van der Waals surface area contributed by atoms with Gasteiger partial charge < -0.3 is 15.5 Å². The smallest absolute Gasteiger partial charge is 0.230 e. The van der Waals surface area contributed by atoms with Crippen LogP contribution in [0.5, 0.6) is 11.5 Å². The van der Waals surface area contributed by atoms with E-state index >= 15 is 0 Å². The lowest BCUT2D eigenvalue weighted by atomic mass is 10.0. The summed E-state index contributed by atoms with van der Waals surface area (Å²) in [6, 6.07) is 27.3. The highest BCUT2D eigenvalue weighted by atomic mass is 16.3. The van der Waals surface area contributed by atoms with Crippen molar-refractivity contribution in [2.75, 3.05) is 5.32 Å². The lowest BCUT2D eigenvalue weighted by Gasteiger charge is -2.13.